The summed E-state index contributed by atoms with van der Waals surface area (Å²) in [6.45, 7) is 2.48. The summed E-state index contributed by atoms with van der Waals surface area (Å²) in [5, 5.41) is 1.59. The molecule has 0 bridgehead atoms. The third kappa shape index (κ3) is 1.89. The molecule has 1 aliphatic carbocycles. The van der Waals surface area contributed by atoms with Gasteiger partial charge in [-0.2, -0.15) is 9.97 Å². The van der Waals surface area contributed by atoms with Gasteiger partial charge in [0.2, 0.25) is 0 Å². The number of aryl methyl sites for hydroxylation is 2. The summed E-state index contributed by atoms with van der Waals surface area (Å²) in [5.74, 6) is 0. The summed E-state index contributed by atoms with van der Waals surface area (Å²) in [4.78, 5) is 11.0. The van der Waals surface area contributed by atoms with Crippen LogP contribution in [0.1, 0.15) is 30.2 Å². The molecule has 2 aromatic rings. The Morgan fingerprint density at radius 1 is 1.29 bits per heavy atom. The summed E-state index contributed by atoms with van der Waals surface area (Å²) in [6, 6.07) is 0.392. The van der Waals surface area contributed by atoms with Crippen LogP contribution in [-0.2, 0) is 12.8 Å². The van der Waals surface area contributed by atoms with E-state index in [9.17, 15) is 0 Å². The van der Waals surface area contributed by atoms with Crippen LogP contribution in [0.25, 0.3) is 10.2 Å². The first kappa shape index (κ1) is 11.2. The molecule has 0 N–H and O–H groups in total. The molecule has 2 heterocycles. The smallest absolute Gasteiger partial charge is 0.319 e. The van der Waals surface area contributed by atoms with Gasteiger partial charge >= 0.3 is 6.01 Å². The van der Waals surface area contributed by atoms with Crippen molar-refractivity contribution in [3.05, 3.63) is 15.6 Å². The van der Waals surface area contributed by atoms with E-state index in [1.54, 1.807) is 11.3 Å². The van der Waals surface area contributed by atoms with Crippen molar-refractivity contribution in [1.82, 2.24) is 9.97 Å². The molecule has 90 valence electrons. The van der Waals surface area contributed by atoms with Crippen LogP contribution in [0, 0.1) is 0 Å². The molecule has 1 aliphatic rings. The Morgan fingerprint density at radius 3 is 2.94 bits per heavy atom. The minimum Gasteiger partial charge on any atom is -0.464 e. The Hall–Kier alpha value is -0.870. The SMILES string of the molecule is CCOc1nc(Cl)c2c3c(sc2n1)CCCC3. The predicted molar refractivity (Wildman–Crippen MR) is 70.2 cm³/mol. The van der Waals surface area contributed by atoms with Gasteiger partial charge in [-0.1, -0.05) is 11.6 Å². The molecular weight excluding hydrogens is 256 g/mol. The summed E-state index contributed by atoms with van der Waals surface area (Å²) < 4.78 is 5.33. The lowest BCUT2D eigenvalue weighted by Gasteiger charge is -2.10. The maximum absolute atomic E-state index is 6.25. The van der Waals surface area contributed by atoms with Crippen LogP contribution >= 0.6 is 22.9 Å². The number of nitrogens with zero attached hydrogens (tertiary/aromatic N) is 2. The second kappa shape index (κ2) is 4.42. The molecule has 17 heavy (non-hydrogen) atoms. The topological polar surface area (TPSA) is 35.0 Å². The Bertz CT molecular complexity index is 567. The maximum atomic E-state index is 6.25. The number of hydrogen-bond donors (Lipinski definition) is 0. The molecule has 0 saturated heterocycles. The van der Waals surface area contributed by atoms with Crippen LogP contribution < -0.4 is 4.74 Å². The molecule has 0 atom stereocenters. The average Bonchev–Trinajstić information content (AvgIpc) is 2.67. The van der Waals surface area contributed by atoms with E-state index in [0.29, 0.717) is 17.8 Å². The number of halogens is 1. The maximum Gasteiger partial charge on any atom is 0.319 e. The van der Waals surface area contributed by atoms with Gasteiger partial charge in [-0.05, 0) is 38.2 Å². The van der Waals surface area contributed by atoms with Crippen molar-refractivity contribution in [2.24, 2.45) is 0 Å². The van der Waals surface area contributed by atoms with Crippen molar-refractivity contribution in [1.29, 1.82) is 0 Å². The molecule has 0 amide bonds. The number of thiophene rings is 1. The zero-order valence-electron chi connectivity index (χ0n) is 9.62. The summed E-state index contributed by atoms with van der Waals surface area (Å²) in [7, 11) is 0. The monoisotopic (exact) mass is 268 g/mol. The minimum atomic E-state index is 0.392. The molecule has 3 nitrogen and oxygen atoms in total. The third-order valence-electron chi connectivity index (χ3n) is 3.02. The van der Waals surface area contributed by atoms with Crippen molar-refractivity contribution in [3.8, 4) is 6.01 Å². The average molecular weight is 269 g/mol. The molecule has 2 aromatic heterocycles. The van der Waals surface area contributed by atoms with Gasteiger partial charge in [-0.15, -0.1) is 11.3 Å². The number of hydrogen-bond acceptors (Lipinski definition) is 4. The van der Waals surface area contributed by atoms with E-state index in [-0.39, 0.29) is 0 Å². The highest BCUT2D eigenvalue weighted by atomic mass is 35.5. The quantitative estimate of drug-likeness (QED) is 0.781. The standard InChI is InChI=1S/C12H13ClN2OS/c1-2-16-12-14-10(13)9-7-5-3-4-6-8(7)17-11(9)15-12/h2-6H2,1H3. The van der Waals surface area contributed by atoms with Crippen LogP contribution in [0.2, 0.25) is 5.15 Å². The van der Waals surface area contributed by atoms with Gasteiger partial charge in [-0.25, -0.2) is 0 Å². The fourth-order valence-electron chi connectivity index (χ4n) is 2.29. The van der Waals surface area contributed by atoms with E-state index >= 15 is 0 Å². The fraction of sp³-hybridized carbons (Fsp3) is 0.500. The van der Waals surface area contributed by atoms with Crippen LogP contribution in [-0.4, -0.2) is 16.6 Å². The van der Waals surface area contributed by atoms with Gasteiger partial charge in [0.05, 0.1) is 12.0 Å². The second-order valence-corrected chi connectivity index (χ2v) is 5.56. The lowest BCUT2D eigenvalue weighted by Crippen LogP contribution is -2.00. The van der Waals surface area contributed by atoms with E-state index in [1.807, 2.05) is 6.92 Å². The molecule has 5 heteroatoms. The van der Waals surface area contributed by atoms with E-state index in [0.717, 1.165) is 23.1 Å². The minimum absolute atomic E-state index is 0.392. The molecule has 0 radical (unpaired) electrons. The first-order valence-corrected chi connectivity index (χ1v) is 7.09. The Morgan fingerprint density at radius 2 is 2.12 bits per heavy atom. The first-order valence-electron chi connectivity index (χ1n) is 5.90. The summed E-state index contributed by atoms with van der Waals surface area (Å²) in [5.41, 5.74) is 1.37. The van der Waals surface area contributed by atoms with Gasteiger partial charge < -0.3 is 4.74 Å². The van der Waals surface area contributed by atoms with Crippen molar-refractivity contribution >= 4 is 33.2 Å². The number of fused-ring (bicyclic) bond motifs is 3. The normalized spacial score (nSPS) is 14.9. The second-order valence-electron chi connectivity index (χ2n) is 4.12. The van der Waals surface area contributed by atoms with Gasteiger partial charge in [0.25, 0.3) is 0 Å². The molecule has 3 rings (SSSR count). The van der Waals surface area contributed by atoms with E-state index in [1.165, 1.54) is 23.3 Å². The van der Waals surface area contributed by atoms with E-state index in [2.05, 4.69) is 9.97 Å². The molecule has 0 spiro atoms. The van der Waals surface area contributed by atoms with Crippen molar-refractivity contribution in [2.45, 2.75) is 32.6 Å². The van der Waals surface area contributed by atoms with Crippen LogP contribution in [0.5, 0.6) is 6.01 Å². The van der Waals surface area contributed by atoms with Gasteiger partial charge in [-0.3, -0.25) is 0 Å². The Kier molecular flexibility index (Phi) is 2.92. The van der Waals surface area contributed by atoms with E-state index in [4.69, 9.17) is 16.3 Å². The number of aromatic nitrogens is 2. The Balaban J connectivity index is 2.19. The van der Waals surface area contributed by atoms with Crippen LogP contribution in [0.4, 0.5) is 0 Å². The summed E-state index contributed by atoms with van der Waals surface area (Å²) in [6.07, 6.45) is 4.76. The molecule has 0 aliphatic heterocycles. The largest absolute Gasteiger partial charge is 0.464 e. The zero-order chi connectivity index (χ0) is 11.8. The molecule has 0 saturated carbocycles. The highest BCUT2D eigenvalue weighted by Gasteiger charge is 2.20. The van der Waals surface area contributed by atoms with Crippen molar-refractivity contribution in [2.75, 3.05) is 6.61 Å². The Labute approximate surface area is 109 Å². The van der Waals surface area contributed by atoms with E-state index < -0.39 is 0 Å². The van der Waals surface area contributed by atoms with Gasteiger partial charge in [0, 0.05) is 4.88 Å². The molecule has 0 fully saturated rings. The molecule has 0 aromatic carbocycles. The first-order chi connectivity index (χ1) is 8.29. The number of rotatable bonds is 2. The highest BCUT2D eigenvalue weighted by molar-refractivity contribution is 7.19. The lowest BCUT2D eigenvalue weighted by molar-refractivity contribution is 0.314. The molecule has 0 unspecified atom stereocenters. The van der Waals surface area contributed by atoms with Gasteiger partial charge in [0.1, 0.15) is 9.98 Å². The highest BCUT2D eigenvalue weighted by Crippen LogP contribution is 2.38. The molecular formula is C12H13ClN2OS. The van der Waals surface area contributed by atoms with Crippen molar-refractivity contribution < 1.29 is 4.74 Å². The fourth-order valence-corrected chi connectivity index (χ4v) is 3.87. The predicted octanol–water partition coefficient (Wildman–Crippen LogP) is 3.62. The van der Waals surface area contributed by atoms with Crippen molar-refractivity contribution in [3.63, 3.8) is 0 Å². The zero-order valence-corrected chi connectivity index (χ0v) is 11.2. The van der Waals surface area contributed by atoms with Gasteiger partial charge in [0.15, 0.2) is 0 Å². The van der Waals surface area contributed by atoms with Crippen LogP contribution in [0.3, 0.4) is 0 Å². The third-order valence-corrected chi connectivity index (χ3v) is 4.48. The lowest BCUT2D eigenvalue weighted by atomic mass is 9.97. The van der Waals surface area contributed by atoms with Crippen LogP contribution in [0.15, 0.2) is 0 Å². The number of ether oxygens (including phenoxy) is 1. The summed E-state index contributed by atoms with van der Waals surface area (Å²) >= 11 is 7.99.